The van der Waals surface area contributed by atoms with Crippen LogP contribution in [-0.2, 0) is 42.5 Å². The van der Waals surface area contributed by atoms with Crippen molar-refractivity contribution in [3.8, 4) is 0 Å². The first kappa shape index (κ1) is 27.2. The van der Waals surface area contributed by atoms with Gasteiger partial charge in [-0.1, -0.05) is 26.3 Å². The van der Waals surface area contributed by atoms with Crippen LogP contribution in [0, 0.1) is 0 Å². The van der Waals surface area contributed by atoms with Gasteiger partial charge in [-0.15, -0.1) is 0 Å². The molecule has 3 N–H and O–H groups in total. The molecule has 0 spiro atoms. The minimum absolute atomic E-state index is 0.176. The van der Waals surface area contributed by atoms with E-state index >= 15 is 0 Å². The van der Waals surface area contributed by atoms with Gasteiger partial charge in [0.1, 0.15) is 0 Å². The number of hydrogen-bond donors (Lipinski definition) is 3. The topological polar surface area (TPSA) is 183 Å². The fourth-order valence-corrected chi connectivity index (χ4v) is 1.23. The Kier molecular flexibility index (Phi) is 12.0. The zero-order valence-corrected chi connectivity index (χ0v) is 15.6. The van der Waals surface area contributed by atoms with Crippen molar-refractivity contribution >= 4 is 31.7 Å². The highest BCUT2D eigenvalue weighted by atomic mass is 31.2. The van der Waals surface area contributed by atoms with Crippen LogP contribution >= 0.6 is 7.82 Å². The Balaban J connectivity index is 0. The van der Waals surface area contributed by atoms with Crippen molar-refractivity contribution in [1.82, 2.24) is 0 Å². The first-order valence-corrected chi connectivity index (χ1v) is 8.40. The third kappa shape index (κ3) is 13.2. The van der Waals surface area contributed by atoms with Crippen molar-refractivity contribution in [3.05, 3.63) is 50.1 Å². The van der Waals surface area contributed by atoms with Crippen LogP contribution in [0.4, 0.5) is 0 Å². The Hall–Kier alpha value is -3.05. The summed E-state index contributed by atoms with van der Waals surface area (Å²) < 4.78 is 28.4. The summed E-state index contributed by atoms with van der Waals surface area (Å²) in [5.74, 6) is -7.53. The van der Waals surface area contributed by atoms with Gasteiger partial charge < -0.3 is 29.1 Å². The van der Waals surface area contributed by atoms with E-state index in [4.69, 9.17) is 14.9 Å². The largest absolute Gasteiger partial charge is 0.478 e. The van der Waals surface area contributed by atoms with Gasteiger partial charge in [-0.2, -0.15) is 0 Å². The van der Waals surface area contributed by atoms with Gasteiger partial charge in [-0.3, -0.25) is 4.52 Å². The highest BCUT2D eigenvalue weighted by Crippen LogP contribution is 2.37. The van der Waals surface area contributed by atoms with Crippen molar-refractivity contribution in [3.63, 3.8) is 0 Å². The Morgan fingerprint density at radius 3 is 1.39 bits per heavy atom. The second kappa shape index (κ2) is 12.4. The number of carboxylic acid groups (broad SMARTS) is 1. The number of hydrogen-bond acceptors (Lipinski definition) is 9. The molecule has 0 bridgehead atoms. The van der Waals surface area contributed by atoms with Gasteiger partial charge >= 0.3 is 37.7 Å². The summed E-state index contributed by atoms with van der Waals surface area (Å²) in [5.41, 5.74) is 0.176. The molecular formula is C15H19O12P. The van der Waals surface area contributed by atoms with Crippen molar-refractivity contribution in [2.75, 3.05) is 6.61 Å². The van der Waals surface area contributed by atoms with Crippen molar-refractivity contribution < 1.29 is 57.4 Å². The molecule has 0 radical (unpaired) electrons. The molecule has 0 saturated heterocycles. The molecular weight excluding hydrogens is 403 g/mol. The smallest absolute Gasteiger partial charge is 0.470 e. The van der Waals surface area contributed by atoms with E-state index < -0.39 is 44.3 Å². The van der Waals surface area contributed by atoms with Gasteiger partial charge in [0.2, 0.25) is 0 Å². The molecule has 0 unspecified atom stereocenters. The molecule has 0 aromatic rings. The average Bonchev–Trinajstić information content (AvgIpc) is 2.59. The molecule has 28 heavy (non-hydrogen) atoms. The summed E-state index contributed by atoms with van der Waals surface area (Å²) in [6.45, 7) is 12.5. The van der Waals surface area contributed by atoms with Crippen LogP contribution in [0.15, 0.2) is 50.1 Å². The summed E-state index contributed by atoms with van der Waals surface area (Å²) in [6, 6.07) is 0. The maximum atomic E-state index is 11.3. The molecule has 0 fully saturated rings. The molecule has 156 valence electrons. The maximum Gasteiger partial charge on any atom is 0.470 e. The van der Waals surface area contributed by atoms with Crippen LogP contribution < -0.4 is 0 Å². The first-order valence-electron chi connectivity index (χ1n) is 6.87. The lowest BCUT2D eigenvalue weighted by atomic mass is 10.4. The summed E-state index contributed by atoms with van der Waals surface area (Å²) in [4.78, 5) is 60.7. The molecule has 0 rings (SSSR count). The van der Waals surface area contributed by atoms with Gasteiger partial charge in [-0.05, 0) is 6.92 Å². The maximum absolute atomic E-state index is 11.3. The van der Waals surface area contributed by atoms with Crippen LogP contribution in [0.3, 0.4) is 0 Å². The molecule has 0 heterocycles. The number of phosphoric acid groups is 1. The number of carbonyl (C=O) groups excluding carboxylic acids is 3. The summed E-state index contributed by atoms with van der Waals surface area (Å²) >= 11 is 0. The van der Waals surface area contributed by atoms with Crippen molar-refractivity contribution in [1.29, 1.82) is 0 Å². The van der Waals surface area contributed by atoms with Crippen LogP contribution in [0.1, 0.15) is 6.92 Å². The van der Waals surface area contributed by atoms with E-state index in [0.29, 0.717) is 18.2 Å². The van der Waals surface area contributed by atoms with Crippen LogP contribution in [0.5, 0.6) is 0 Å². The minimum atomic E-state index is -5.07. The number of phosphoric ester groups is 1. The SMILES string of the molecule is C=C(C)C(=O)O.C=CC(=O)OC(COP(=O)(O)O)(OC(=O)C=C)OC(=O)C=C. The fraction of sp³-hybridized carbons (Fsp3) is 0.200. The molecule has 13 heteroatoms. The van der Waals surface area contributed by atoms with Gasteiger partial charge in [0.05, 0.1) is 0 Å². The number of esters is 3. The monoisotopic (exact) mass is 422 g/mol. The Morgan fingerprint density at radius 1 is 0.929 bits per heavy atom. The van der Waals surface area contributed by atoms with Crippen LogP contribution in [0.25, 0.3) is 0 Å². The second-order valence-electron chi connectivity index (χ2n) is 4.41. The molecule has 0 aliphatic rings. The molecule has 0 aromatic heterocycles. The molecule has 12 nitrogen and oxygen atoms in total. The third-order valence-electron chi connectivity index (χ3n) is 2.04. The summed E-state index contributed by atoms with van der Waals surface area (Å²) in [6.07, 6.45) is 1.86. The quantitative estimate of drug-likeness (QED) is 0.193. The number of ether oxygens (including phenoxy) is 3. The van der Waals surface area contributed by atoms with E-state index in [1.807, 2.05) is 0 Å². The minimum Gasteiger partial charge on any atom is -0.478 e. The van der Waals surface area contributed by atoms with Gasteiger partial charge in [0.15, 0.2) is 6.61 Å². The van der Waals surface area contributed by atoms with E-state index in [1.165, 1.54) is 6.92 Å². The van der Waals surface area contributed by atoms with Crippen LogP contribution in [-0.4, -0.2) is 51.4 Å². The lowest BCUT2D eigenvalue weighted by molar-refractivity contribution is -0.334. The number of carbonyl (C=O) groups is 4. The van der Waals surface area contributed by atoms with Crippen molar-refractivity contribution in [2.45, 2.75) is 12.9 Å². The summed E-state index contributed by atoms with van der Waals surface area (Å²) in [5, 5.41) is 7.89. The lowest BCUT2D eigenvalue weighted by Crippen LogP contribution is -2.47. The standard InChI is InChI=1S/C11H13O10P.C4H6O2/c1-4-8(12)19-11(20-9(13)5-2,21-10(14)6-3)7-18-22(15,16)17;1-3(2)4(5)6/h4-6H,1-3,7H2,(H2,15,16,17);1H2,2H3,(H,5,6). The van der Waals surface area contributed by atoms with Gasteiger partial charge in [0.25, 0.3) is 0 Å². The van der Waals surface area contributed by atoms with Crippen LogP contribution in [0.2, 0.25) is 0 Å². The molecule has 0 saturated carbocycles. The van der Waals surface area contributed by atoms with Crippen molar-refractivity contribution in [2.24, 2.45) is 0 Å². The van der Waals surface area contributed by atoms with E-state index in [-0.39, 0.29) is 5.57 Å². The van der Waals surface area contributed by atoms with E-state index in [2.05, 4.69) is 45.1 Å². The normalized spacial score (nSPS) is 10.2. The van der Waals surface area contributed by atoms with Gasteiger partial charge in [0, 0.05) is 23.8 Å². The predicted octanol–water partition coefficient (Wildman–Crippen LogP) is 0.584. The van der Waals surface area contributed by atoms with Gasteiger partial charge in [-0.25, -0.2) is 23.7 Å². The number of rotatable bonds is 10. The predicted molar refractivity (Wildman–Crippen MR) is 92.0 cm³/mol. The highest BCUT2D eigenvalue weighted by molar-refractivity contribution is 7.46. The molecule has 0 aliphatic carbocycles. The van der Waals surface area contributed by atoms with E-state index in [9.17, 15) is 23.7 Å². The summed E-state index contributed by atoms with van der Waals surface area (Å²) in [7, 11) is -5.07. The zero-order valence-electron chi connectivity index (χ0n) is 14.7. The molecule has 0 aliphatic heterocycles. The van der Waals surface area contributed by atoms with E-state index in [0.717, 1.165) is 0 Å². The molecule has 0 amide bonds. The Morgan fingerprint density at radius 2 is 1.21 bits per heavy atom. The molecule has 0 aromatic carbocycles. The lowest BCUT2D eigenvalue weighted by Gasteiger charge is -2.29. The second-order valence-corrected chi connectivity index (χ2v) is 5.65. The fourth-order valence-electron chi connectivity index (χ4n) is 0.899. The third-order valence-corrected chi connectivity index (χ3v) is 2.51. The number of aliphatic carboxylic acids is 1. The number of carboxylic acids is 1. The Bertz CT molecular complexity index is 635. The average molecular weight is 422 g/mol. The molecule has 0 atom stereocenters. The van der Waals surface area contributed by atoms with E-state index in [1.54, 1.807) is 0 Å². The zero-order chi connectivity index (χ0) is 22.5. The highest BCUT2D eigenvalue weighted by Gasteiger charge is 2.45. The first-order chi connectivity index (χ1) is 12.7. The Labute approximate surface area is 159 Å².